The third-order valence-electron chi connectivity index (χ3n) is 5.12. The average Bonchev–Trinajstić information content (AvgIpc) is 3.00. The highest BCUT2D eigenvalue weighted by molar-refractivity contribution is 5.94. The Hall–Kier alpha value is -3.29. The molecule has 4 rings (SSSR count). The second-order valence-corrected chi connectivity index (χ2v) is 6.97. The molecule has 1 aliphatic carbocycles. The van der Waals surface area contributed by atoms with Gasteiger partial charge in [0, 0.05) is 11.6 Å². The Kier molecular flexibility index (Phi) is 4.10. The van der Waals surface area contributed by atoms with Gasteiger partial charge in [0.15, 0.2) is 5.69 Å². The predicted molar refractivity (Wildman–Crippen MR) is 97.7 cm³/mol. The van der Waals surface area contributed by atoms with Crippen molar-refractivity contribution >= 4 is 22.8 Å². The fourth-order valence-electron chi connectivity index (χ4n) is 3.52. The summed E-state index contributed by atoms with van der Waals surface area (Å²) in [6.07, 6.45) is 3.89. The van der Waals surface area contributed by atoms with Crippen molar-refractivity contribution < 1.29 is 14.7 Å². The lowest BCUT2D eigenvalue weighted by Crippen LogP contribution is -2.54. The van der Waals surface area contributed by atoms with Crippen molar-refractivity contribution in [3.05, 3.63) is 47.9 Å². The van der Waals surface area contributed by atoms with Crippen molar-refractivity contribution in [1.82, 2.24) is 25.3 Å². The number of carboxylic acid groups (broad SMARTS) is 1. The molecule has 0 saturated heterocycles. The standard InChI is InChI=1S/C19H19N5O3/c1-12-17(18(27)21-19(7-3-8-19)11-16(25)26)22-23-24(12)14-5-6-15-13(10-14)4-2-9-20-15/h2,4-6,9-10H,3,7-8,11H2,1H3,(H,21,27)(H,25,26). The predicted octanol–water partition coefficient (Wildman–Crippen LogP) is 2.25. The van der Waals surface area contributed by atoms with Crippen LogP contribution in [0, 0.1) is 6.92 Å². The minimum absolute atomic E-state index is 0.0798. The van der Waals surface area contributed by atoms with Crippen LogP contribution < -0.4 is 5.32 Å². The summed E-state index contributed by atoms with van der Waals surface area (Å²) in [7, 11) is 0. The van der Waals surface area contributed by atoms with E-state index in [9.17, 15) is 9.59 Å². The highest BCUT2D eigenvalue weighted by Crippen LogP contribution is 2.35. The Morgan fingerprint density at radius 1 is 1.30 bits per heavy atom. The van der Waals surface area contributed by atoms with Gasteiger partial charge in [0.1, 0.15) is 0 Å². The number of hydrogen-bond donors (Lipinski definition) is 2. The molecule has 0 atom stereocenters. The van der Waals surface area contributed by atoms with Crippen molar-refractivity contribution in [3.8, 4) is 5.69 Å². The molecule has 0 aliphatic heterocycles. The Morgan fingerprint density at radius 3 is 2.81 bits per heavy atom. The lowest BCUT2D eigenvalue weighted by molar-refractivity contribution is -0.139. The molecule has 3 aromatic rings. The summed E-state index contributed by atoms with van der Waals surface area (Å²) in [5, 5.41) is 21.1. The number of benzene rings is 1. The first kappa shape index (κ1) is 17.1. The zero-order valence-corrected chi connectivity index (χ0v) is 14.8. The van der Waals surface area contributed by atoms with Crippen LogP contribution >= 0.6 is 0 Å². The van der Waals surface area contributed by atoms with Gasteiger partial charge in [-0.3, -0.25) is 14.6 Å². The Labute approximate surface area is 155 Å². The molecule has 2 N–H and O–H groups in total. The SMILES string of the molecule is Cc1c(C(=O)NC2(CC(=O)O)CCC2)nnn1-c1ccc2ncccc2c1. The van der Waals surface area contributed by atoms with Gasteiger partial charge >= 0.3 is 5.97 Å². The molecule has 1 amide bonds. The van der Waals surface area contributed by atoms with Crippen LogP contribution in [0.1, 0.15) is 41.9 Å². The maximum atomic E-state index is 12.7. The zero-order valence-electron chi connectivity index (χ0n) is 14.8. The van der Waals surface area contributed by atoms with E-state index in [-0.39, 0.29) is 18.0 Å². The molecule has 138 valence electrons. The average molecular weight is 365 g/mol. The maximum absolute atomic E-state index is 12.7. The van der Waals surface area contributed by atoms with Gasteiger partial charge in [-0.25, -0.2) is 4.68 Å². The summed E-state index contributed by atoms with van der Waals surface area (Å²) in [6.45, 7) is 1.77. The van der Waals surface area contributed by atoms with E-state index in [0.29, 0.717) is 18.5 Å². The fraction of sp³-hybridized carbons (Fsp3) is 0.316. The molecule has 1 aromatic carbocycles. The molecular weight excluding hydrogens is 346 g/mol. The van der Waals surface area contributed by atoms with Crippen molar-refractivity contribution in [3.63, 3.8) is 0 Å². The molecule has 8 heteroatoms. The molecule has 1 saturated carbocycles. The van der Waals surface area contributed by atoms with E-state index < -0.39 is 11.5 Å². The van der Waals surface area contributed by atoms with E-state index in [1.165, 1.54) is 0 Å². The second-order valence-electron chi connectivity index (χ2n) is 6.97. The van der Waals surface area contributed by atoms with Crippen LogP contribution in [-0.2, 0) is 4.79 Å². The lowest BCUT2D eigenvalue weighted by atomic mass is 9.74. The highest BCUT2D eigenvalue weighted by atomic mass is 16.4. The van der Waals surface area contributed by atoms with Gasteiger partial charge in [0.05, 0.1) is 28.9 Å². The van der Waals surface area contributed by atoms with E-state index in [4.69, 9.17) is 5.11 Å². The van der Waals surface area contributed by atoms with Crippen LogP contribution in [0.5, 0.6) is 0 Å². The van der Waals surface area contributed by atoms with Crippen LogP contribution in [0.4, 0.5) is 0 Å². The van der Waals surface area contributed by atoms with Crippen LogP contribution in [0.3, 0.4) is 0 Å². The summed E-state index contributed by atoms with van der Waals surface area (Å²) in [5.74, 6) is -1.30. The van der Waals surface area contributed by atoms with Crippen molar-refractivity contribution in [2.75, 3.05) is 0 Å². The summed E-state index contributed by atoms with van der Waals surface area (Å²) >= 11 is 0. The van der Waals surface area contributed by atoms with Gasteiger partial charge in [-0.1, -0.05) is 11.3 Å². The summed E-state index contributed by atoms with van der Waals surface area (Å²) in [5.41, 5.74) is 1.79. The normalized spacial score (nSPS) is 15.3. The van der Waals surface area contributed by atoms with Crippen molar-refractivity contribution in [1.29, 1.82) is 0 Å². The first-order valence-electron chi connectivity index (χ1n) is 8.79. The molecule has 0 radical (unpaired) electrons. The Morgan fingerprint density at radius 2 is 2.11 bits per heavy atom. The number of pyridine rings is 1. The van der Waals surface area contributed by atoms with Crippen LogP contribution in [0.25, 0.3) is 16.6 Å². The largest absolute Gasteiger partial charge is 0.481 e. The van der Waals surface area contributed by atoms with E-state index >= 15 is 0 Å². The second kappa shape index (κ2) is 6.46. The number of carbonyl (C=O) groups excluding carboxylic acids is 1. The third kappa shape index (κ3) is 3.14. The number of nitrogens with zero attached hydrogens (tertiary/aromatic N) is 4. The molecule has 27 heavy (non-hydrogen) atoms. The lowest BCUT2D eigenvalue weighted by Gasteiger charge is -2.41. The maximum Gasteiger partial charge on any atom is 0.305 e. The molecule has 0 unspecified atom stereocenters. The number of aromatic nitrogens is 4. The molecule has 0 spiro atoms. The fourth-order valence-corrected chi connectivity index (χ4v) is 3.52. The molecule has 1 fully saturated rings. The van der Waals surface area contributed by atoms with Gasteiger partial charge in [-0.05, 0) is 50.5 Å². The number of fused-ring (bicyclic) bond motifs is 1. The third-order valence-corrected chi connectivity index (χ3v) is 5.12. The van der Waals surface area contributed by atoms with Crippen LogP contribution in [-0.4, -0.2) is 42.5 Å². The highest BCUT2D eigenvalue weighted by Gasteiger charge is 2.41. The summed E-state index contributed by atoms with van der Waals surface area (Å²) in [6, 6.07) is 9.51. The molecule has 8 nitrogen and oxygen atoms in total. The van der Waals surface area contributed by atoms with Gasteiger partial charge < -0.3 is 10.4 Å². The van der Waals surface area contributed by atoms with Gasteiger partial charge in [0.25, 0.3) is 5.91 Å². The topological polar surface area (TPSA) is 110 Å². The van der Waals surface area contributed by atoms with Gasteiger partial charge in [-0.15, -0.1) is 5.10 Å². The molecule has 2 heterocycles. The monoisotopic (exact) mass is 365 g/mol. The van der Waals surface area contributed by atoms with E-state index in [0.717, 1.165) is 23.0 Å². The molecule has 2 aromatic heterocycles. The van der Waals surface area contributed by atoms with Gasteiger partial charge in [0.2, 0.25) is 0 Å². The number of rotatable bonds is 5. The number of amides is 1. The first-order valence-corrected chi connectivity index (χ1v) is 8.79. The molecule has 0 bridgehead atoms. The summed E-state index contributed by atoms with van der Waals surface area (Å²) in [4.78, 5) is 28.1. The summed E-state index contributed by atoms with van der Waals surface area (Å²) < 4.78 is 1.60. The minimum Gasteiger partial charge on any atom is -0.481 e. The Balaban J connectivity index is 1.61. The Bertz CT molecular complexity index is 1040. The molecule has 1 aliphatic rings. The van der Waals surface area contributed by atoms with Crippen LogP contribution in [0.2, 0.25) is 0 Å². The number of aliphatic carboxylic acids is 1. The number of carbonyl (C=O) groups is 2. The zero-order chi connectivity index (χ0) is 19.0. The van der Waals surface area contributed by atoms with Crippen molar-refractivity contribution in [2.24, 2.45) is 0 Å². The van der Waals surface area contributed by atoms with E-state index in [1.807, 2.05) is 30.3 Å². The minimum atomic E-state index is -0.917. The van der Waals surface area contributed by atoms with Gasteiger partial charge in [-0.2, -0.15) is 0 Å². The number of hydrogen-bond acceptors (Lipinski definition) is 5. The van der Waals surface area contributed by atoms with Crippen molar-refractivity contribution in [2.45, 2.75) is 38.1 Å². The quantitative estimate of drug-likeness (QED) is 0.718. The number of carboxylic acids is 1. The first-order chi connectivity index (χ1) is 13.0. The number of nitrogens with one attached hydrogen (secondary N) is 1. The van der Waals surface area contributed by atoms with Crippen LogP contribution in [0.15, 0.2) is 36.5 Å². The smallest absolute Gasteiger partial charge is 0.305 e. The van der Waals surface area contributed by atoms with E-state index in [2.05, 4.69) is 20.6 Å². The van der Waals surface area contributed by atoms with E-state index in [1.54, 1.807) is 17.8 Å². The molecular formula is C19H19N5O3.